The molecule has 7 heteroatoms. The summed E-state index contributed by atoms with van der Waals surface area (Å²) in [6.45, 7) is 0.781. The molecule has 1 fully saturated rings. The zero-order valence-electron chi connectivity index (χ0n) is 10.00. The van der Waals surface area contributed by atoms with E-state index in [1.165, 1.54) is 16.2 Å². The summed E-state index contributed by atoms with van der Waals surface area (Å²) in [6, 6.07) is 0. The minimum atomic E-state index is -4.24. The van der Waals surface area contributed by atoms with E-state index in [9.17, 15) is 18.3 Å². The smallest absolute Gasteiger partial charge is 0.391 e. The molecule has 0 atom stereocenters. The van der Waals surface area contributed by atoms with Crippen molar-refractivity contribution in [2.45, 2.75) is 38.5 Å². The Morgan fingerprint density at radius 1 is 1.44 bits per heavy atom. The van der Waals surface area contributed by atoms with E-state index >= 15 is 0 Å². The maximum absolute atomic E-state index is 12.4. The van der Waals surface area contributed by atoms with Gasteiger partial charge in [0, 0.05) is 12.5 Å². The van der Waals surface area contributed by atoms with Crippen LogP contribution in [0.25, 0.3) is 0 Å². The zero-order valence-corrected chi connectivity index (χ0v) is 10.8. The lowest BCUT2D eigenvalue weighted by Crippen LogP contribution is -2.34. The second-order valence-corrected chi connectivity index (χ2v) is 5.43. The minimum Gasteiger partial charge on any atom is -0.391 e. The number of aromatic nitrogens is 1. The van der Waals surface area contributed by atoms with Gasteiger partial charge in [-0.05, 0) is 19.8 Å². The highest BCUT2D eigenvalue weighted by molar-refractivity contribution is 7.15. The van der Waals surface area contributed by atoms with Crippen molar-refractivity contribution >= 4 is 16.5 Å². The first-order chi connectivity index (χ1) is 8.44. The van der Waals surface area contributed by atoms with Gasteiger partial charge in [-0.25, -0.2) is 4.98 Å². The monoisotopic (exact) mass is 280 g/mol. The molecule has 0 amide bonds. The molecule has 0 aromatic carbocycles. The fraction of sp³-hybridized carbons (Fsp3) is 0.727. The molecule has 1 saturated carbocycles. The Morgan fingerprint density at radius 2 is 2.11 bits per heavy atom. The van der Waals surface area contributed by atoms with Crippen molar-refractivity contribution in [2.75, 3.05) is 18.0 Å². The van der Waals surface area contributed by atoms with E-state index < -0.39 is 12.7 Å². The highest BCUT2D eigenvalue weighted by Crippen LogP contribution is 2.44. The molecule has 2 rings (SSSR count). The summed E-state index contributed by atoms with van der Waals surface area (Å²) < 4.78 is 37.3. The van der Waals surface area contributed by atoms with Crippen LogP contribution >= 0.6 is 11.3 Å². The number of alkyl halides is 3. The van der Waals surface area contributed by atoms with Gasteiger partial charge < -0.3 is 10.0 Å². The number of halogens is 3. The Hall–Kier alpha value is -0.820. The van der Waals surface area contributed by atoms with Crippen molar-refractivity contribution < 1.29 is 18.3 Å². The molecule has 0 aliphatic heterocycles. The molecule has 1 heterocycles. The van der Waals surface area contributed by atoms with Crippen LogP contribution in [0.3, 0.4) is 0 Å². The number of aliphatic hydroxyl groups excluding tert-OH is 1. The van der Waals surface area contributed by atoms with Crippen molar-refractivity contribution in [3.63, 3.8) is 0 Å². The van der Waals surface area contributed by atoms with Gasteiger partial charge in [-0.1, -0.05) is 11.3 Å². The molecule has 0 bridgehead atoms. The highest BCUT2D eigenvalue weighted by atomic mass is 32.1. The number of rotatable bonds is 5. The third kappa shape index (κ3) is 3.14. The van der Waals surface area contributed by atoms with E-state index in [0.717, 1.165) is 18.5 Å². The topological polar surface area (TPSA) is 36.4 Å². The molecule has 0 saturated heterocycles. The molecule has 102 valence electrons. The molecule has 1 aromatic rings. The summed E-state index contributed by atoms with van der Waals surface area (Å²) in [5.41, 5.74) is 0.790. The summed E-state index contributed by atoms with van der Waals surface area (Å²) in [5.74, 6) is 0.335. The Kier molecular flexibility index (Phi) is 3.82. The lowest BCUT2D eigenvalue weighted by molar-refractivity contribution is -0.119. The van der Waals surface area contributed by atoms with Crippen molar-refractivity contribution in [2.24, 2.45) is 0 Å². The van der Waals surface area contributed by atoms with E-state index in [2.05, 4.69) is 4.98 Å². The van der Waals surface area contributed by atoms with Crippen LogP contribution in [-0.2, 0) is 6.61 Å². The number of hydrogen-bond donors (Lipinski definition) is 1. The number of aliphatic hydroxyl groups is 1. The van der Waals surface area contributed by atoms with Gasteiger partial charge in [-0.15, -0.1) is 0 Å². The van der Waals surface area contributed by atoms with Gasteiger partial charge in [0.15, 0.2) is 5.13 Å². The summed E-state index contributed by atoms with van der Waals surface area (Å²) in [5, 5.41) is 9.59. The Morgan fingerprint density at radius 3 is 2.56 bits per heavy atom. The Balaban J connectivity index is 2.20. The fourth-order valence-corrected chi connectivity index (χ4v) is 2.87. The standard InChI is InChI=1S/C11H15F3N2OS/c1-2-16(6-11(12,13)14)10-15-9(7-3-4-7)8(5-17)18-10/h7,17H,2-6H2,1H3. The van der Waals surface area contributed by atoms with Gasteiger partial charge >= 0.3 is 6.18 Å². The van der Waals surface area contributed by atoms with Crippen LogP contribution in [0.1, 0.15) is 36.3 Å². The molecule has 1 N–H and O–H groups in total. The van der Waals surface area contributed by atoms with Crippen LogP contribution in [-0.4, -0.2) is 29.4 Å². The van der Waals surface area contributed by atoms with Gasteiger partial charge in [0.2, 0.25) is 0 Å². The molecule has 0 spiro atoms. The lowest BCUT2D eigenvalue weighted by atomic mass is 10.2. The first-order valence-corrected chi connectivity index (χ1v) is 6.68. The molecule has 0 radical (unpaired) electrons. The van der Waals surface area contributed by atoms with Crippen molar-refractivity contribution in [3.8, 4) is 0 Å². The fourth-order valence-electron chi connectivity index (χ4n) is 1.81. The number of thiazole rings is 1. The molecule has 1 aliphatic rings. The van der Waals surface area contributed by atoms with Crippen LogP contribution in [0.2, 0.25) is 0 Å². The number of anilines is 1. The van der Waals surface area contributed by atoms with Crippen LogP contribution in [0, 0.1) is 0 Å². The maximum atomic E-state index is 12.4. The first-order valence-electron chi connectivity index (χ1n) is 5.86. The average molecular weight is 280 g/mol. The normalized spacial score (nSPS) is 16.1. The summed E-state index contributed by atoms with van der Waals surface area (Å²) >= 11 is 1.17. The van der Waals surface area contributed by atoms with Gasteiger partial charge in [0.25, 0.3) is 0 Å². The Bertz CT molecular complexity index is 415. The molecule has 1 aromatic heterocycles. The van der Waals surface area contributed by atoms with Gasteiger partial charge in [-0.2, -0.15) is 13.2 Å². The van der Waals surface area contributed by atoms with Crippen LogP contribution < -0.4 is 4.90 Å². The molecular weight excluding hydrogens is 265 g/mol. The second kappa shape index (κ2) is 5.05. The SMILES string of the molecule is CCN(CC(F)(F)F)c1nc(C2CC2)c(CO)s1. The van der Waals surface area contributed by atoms with Crippen LogP contribution in [0.15, 0.2) is 0 Å². The summed E-state index contributed by atoms with van der Waals surface area (Å²) in [4.78, 5) is 6.19. The second-order valence-electron chi connectivity index (χ2n) is 4.37. The number of hydrogen-bond acceptors (Lipinski definition) is 4. The summed E-state index contributed by atoms with van der Waals surface area (Å²) in [6.07, 6.45) is -2.20. The largest absolute Gasteiger partial charge is 0.406 e. The van der Waals surface area contributed by atoms with Crippen molar-refractivity contribution in [1.82, 2.24) is 4.98 Å². The molecular formula is C11H15F3N2OS. The minimum absolute atomic E-state index is 0.146. The zero-order chi connectivity index (χ0) is 13.3. The van der Waals surface area contributed by atoms with Crippen LogP contribution in [0.5, 0.6) is 0 Å². The van der Waals surface area contributed by atoms with E-state index in [1.54, 1.807) is 6.92 Å². The van der Waals surface area contributed by atoms with Gasteiger partial charge in [0.1, 0.15) is 6.54 Å². The van der Waals surface area contributed by atoms with E-state index in [-0.39, 0.29) is 13.2 Å². The molecule has 1 aliphatic carbocycles. The number of nitrogens with zero attached hydrogens (tertiary/aromatic N) is 2. The maximum Gasteiger partial charge on any atom is 0.406 e. The van der Waals surface area contributed by atoms with Crippen molar-refractivity contribution in [1.29, 1.82) is 0 Å². The first kappa shape index (κ1) is 13.6. The third-order valence-corrected chi connectivity index (χ3v) is 3.96. The van der Waals surface area contributed by atoms with E-state index in [4.69, 9.17) is 0 Å². The average Bonchev–Trinajstić information content (AvgIpc) is 3.04. The quantitative estimate of drug-likeness (QED) is 0.901. The predicted octanol–water partition coefficient (Wildman–Crippen LogP) is 2.90. The predicted molar refractivity (Wildman–Crippen MR) is 64.0 cm³/mol. The highest BCUT2D eigenvalue weighted by Gasteiger charge is 2.34. The molecule has 3 nitrogen and oxygen atoms in total. The molecule has 18 heavy (non-hydrogen) atoms. The third-order valence-electron chi connectivity index (χ3n) is 2.85. The van der Waals surface area contributed by atoms with Gasteiger partial charge in [0.05, 0.1) is 17.2 Å². The van der Waals surface area contributed by atoms with Gasteiger partial charge in [-0.3, -0.25) is 0 Å². The van der Waals surface area contributed by atoms with Crippen LogP contribution in [0.4, 0.5) is 18.3 Å². The molecule has 0 unspecified atom stereocenters. The van der Waals surface area contributed by atoms with E-state index in [0.29, 0.717) is 15.9 Å². The van der Waals surface area contributed by atoms with E-state index in [1.807, 2.05) is 0 Å². The van der Waals surface area contributed by atoms with Crippen molar-refractivity contribution in [3.05, 3.63) is 10.6 Å². The Labute approximate surface area is 107 Å². The summed E-state index contributed by atoms with van der Waals surface area (Å²) in [7, 11) is 0. The lowest BCUT2D eigenvalue weighted by Gasteiger charge is -2.21.